The van der Waals surface area contributed by atoms with Crippen molar-refractivity contribution < 1.29 is 9.53 Å². The summed E-state index contributed by atoms with van der Waals surface area (Å²) in [5.41, 5.74) is 4.39. The number of aromatic nitrogens is 2. The summed E-state index contributed by atoms with van der Waals surface area (Å²) in [5.74, 6) is -0.412. The van der Waals surface area contributed by atoms with Gasteiger partial charge >= 0.3 is 5.97 Å². The molecule has 0 fully saturated rings. The van der Waals surface area contributed by atoms with E-state index in [-0.39, 0.29) is 12.2 Å². The molecule has 0 radical (unpaired) electrons. The second kappa shape index (κ2) is 8.74. The maximum Gasteiger partial charge on any atom is 0.338 e. The normalized spacial score (nSPS) is 10.8. The summed E-state index contributed by atoms with van der Waals surface area (Å²) in [7, 11) is 0. The molecule has 0 aliphatic heterocycles. The number of nitrogens with zero attached hydrogens (tertiary/aromatic N) is 2. The van der Waals surface area contributed by atoms with Crippen LogP contribution in [0.4, 0.5) is 0 Å². The van der Waals surface area contributed by atoms with Gasteiger partial charge in [0.2, 0.25) is 0 Å². The molecule has 5 heteroatoms. The van der Waals surface area contributed by atoms with E-state index in [2.05, 4.69) is 17.1 Å². The second-order valence-corrected chi connectivity index (χ2v) is 7.19. The topological polar surface area (TPSA) is 60.7 Å². The molecular weight excluding hydrogens is 376 g/mol. The van der Waals surface area contributed by atoms with Gasteiger partial charge in [0.05, 0.1) is 11.3 Å². The molecule has 30 heavy (non-hydrogen) atoms. The first-order valence-electron chi connectivity index (χ1n) is 9.89. The van der Waals surface area contributed by atoms with Gasteiger partial charge in [0.1, 0.15) is 12.3 Å². The Morgan fingerprint density at radius 2 is 1.73 bits per heavy atom. The molecular formula is C25H22N2O3. The van der Waals surface area contributed by atoms with Gasteiger partial charge in [0.15, 0.2) is 0 Å². The van der Waals surface area contributed by atoms with Crippen molar-refractivity contribution in [2.75, 3.05) is 0 Å². The molecule has 0 amide bonds. The van der Waals surface area contributed by atoms with Crippen LogP contribution in [0.15, 0.2) is 83.8 Å². The highest BCUT2D eigenvalue weighted by Crippen LogP contribution is 2.15. The Hall–Kier alpha value is -3.73. The van der Waals surface area contributed by atoms with Gasteiger partial charge in [-0.2, -0.15) is 0 Å². The van der Waals surface area contributed by atoms with Gasteiger partial charge in [-0.05, 0) is 48.6 Å². The molecule has 0 saturated heterocycles. The van der Waals surface area contributed by atoms with Crippen molar-refractivity contribution in [3.05, 3.63) is 117 Å². The van der Waals surface area contributed by atoms with Gasteiger partial charge in [-0.1, -0.05) is 54.6 Å². The Labute approximate surface area is 174 Å². The Kier molecular flexibility index (Phi) is 5.70. The average molecular weight is 398 g/mol. The molecule has 0 saturated carbocycles. The first-order chi connectivity index (χ1) is 14.6. The maximum atomic E-state index is 12.7. The highest BCUT2D eigenvalue weighted by molar-refractivity contribution is 5.91. The van der Waals surface area contributed by atoms with E-state index in [4.69, 9.17) is 4.74 Å². The summed E-state index contributed by atoms with van der Waals surface area (Å²) >= 11 is 0. The maximum absolute atomic E-state index is 12.7. The molecule has 2 aromatic heterocycles. The summed E-state index contributed by atoms with van der Waals surface area (Å²) in [6.45, 7) is 1.84. The van der Waals surface area contributed by atoms with Crippen molar-refractivity contribution in [3.8, 4) is 0 Å². The van der Waals surface area contributed by atoms with Gasteiger partial charge in [0, 0.05) is 12.3 Å². The fourth-order valence-corrected chi connectivity index (χ4v) is 3.46. The molecule has 0 aliphatic rings. The number of benzene rings is 2. The quantitative estimate of drug-likeness (QED) is 0.458. The Balaban J connectivity index is 1.49. The van der Waals surface area contributed by atoms with E-state index in [1.54, 1.807) is 18.3 Å². The summed E-state index contributed by atoms with van der Waals surface area (Å²) in [4.78, 5) is 29.5. The molecule has 2 heterocycles. The molecule has 0 bridgehead atoms. The van der Waals surface area contributed by atoms with Crippen molar-refractivity contribution in [3.63, 3.8) is 0 Å². The third-order valence-electron chi connectivity index (χ3n) is 5.05. The van der Waals surface area contributed by atoms with Crippen molar-refractivity contribution in [2.24, 2.45) is 0 Å². The van der Waals surface area contributed by atoms with E-state index in [0.29, 0.717) is 16.9 Å². The van der Waals surface area contributed by atoms with Crippen LogP contribution >= 0.6 is 0 Å². The fourth-order valence-electron chi connectivity index (χ4n) is 3.46. The minimum Gasteiger partial charge on any atom is -0.456 e. The van der Waals surface area contributed by atoms with Gasteiger partial charge in [-0.15, -0.1) is 0 Å². The van der Waals surface area contributed by atoms with Crippen LogP contribution < -0.4 is 5.56 Å². The lowest BCUT2D eigenvalue weighted by molar-refractivity contribution is 0.0466. The lowest BCUT2D eigenvalue weighted by atomic mass is 10.00. The van der Waals surface area contributed by atoms with Gasteiger partial charge < -0.3 is 4.74 Å². The predicted octanol–water partition coefficient (Wildman–Crippen LogP) is 4.15. The number of aryl methyl sites for hydroxylation is 3. The Morgan fingerprint density at radius 3 is 2.57 bits per heavy atom. The predicted molar refractivity (Wildman–Crippen MR) is 116 cm³/mol. The molecule has 0 N–H and O–H groups in total. The molecule has 4 rings (SSSR count). The number of hydrogen-bond acceptors (Lipinski definition) is 4. The first kappa shape index (κ1) is 19.6. The second-order valence-electron chi connectivity index (χ2n) is 7.19. The average Bonchev–Trinajstić information content (AvgIpc) is 2.78. The van der Waals surface area contributed by atoms with Crippen LogP contribution in [0.5, 0.6) is 0 Å². The standard InChI is InChI=1S/C25H22N2O3/c1-18-8-7-15-27-23(28)16-21(26-24(18)27)17-30-25(29)22-12-6-5-11-20(22)14-13-19-9-3-2-4-10-19/h2-12,15-16H,13-14,17H2,1H3. The summed E-state index contributed by atoms with van der Waals surface area (Å²) in [5, 5.41) is 0. The third kappa shape index (κ3) is 4.30. The van der Waals surface area contributed by atoms with Crippen LogP contribution in [0, 0.1) is 6.92 Å². The van der Waals surface area contributed by atoms with E-state index in [1.165, 1.54) is 16.0 Å². The van der Waals surface area contributed by atoms with Crippen molar-refractivity contribution in [1.82, 2.24) is 9.38 Å². The van der Waals surface area contributed by atoms with Gasteiger partial charge in [-0.3, -0.25) is 9.20 Å². The van der Waals surface area contributed by atoms with E-state index in [9.17, 15) is 9.59 Å². The van der Waals surface area contributed by atoms with Crippen LogP contribution in [-0.2, 0) is 24.2 Å². The van der Waals surface area contributed by atoms with E-state index >= 15 is 0 Å². The molecule has 4 aromatic rings. The van der Waals surface area contributed by atoms with Crippen molar-refractivity contribution in [2.45, 2.75) is 26.4 Å². The van der Waals surface area contributed by atoms with Crippen LogP contribution in [0.25, 0.3) is 5.65 Å². The third-order valence-corrected chi connectivity index (χ3v) is 5.05. The van der Waals surface area contributed by atoms with Crippen LogP contribution in [0.3, 0.4) is 0 Å². The number of ether oxygens (including phenoxy) is 1. The van der Waals surface area contributed by atoms with E-state index in [1.807, 2.05) is 49.4 Å². The molecule has 0 spiro atoms. The minimum absolute atomic E-state index is 0.0497. The molecule has 2 aromatic carbocycles. The number of carbonyl (C=O) groups is 1. The Morgan fingerprint density at radius 1 is 0.967 bits per heavy atom. The van der Waals surface area contributed by atoms with E-state index < -0.39 is 5.97 Å². The van der Waals surface area contributed by atoms with E-state index in [0.717, 1.165) is 24.0 Å². The summed E-state index contributed by atoms with van der Waals surface area (Å²) < 4.78 is 6.99. The molecule has 0 aliphatic carbocycles. The number of fused-ring (bicyclic) bond motifs is 1. The summed E-state index contributed by atoms with van der Waals surface area (Å²) in [6, 6.07) is 22.7. The van der Waals surface area contributed by atoms with Crippen LogP contribution in [0.1, 0.15) is 32.7 Å². The molecule has 5 nitrogen and oxygen atoms in total. The largest absolute Gasteiger partial charge is 0.456 e. The number of hydrogen-bond donors (Lipinski definition) is 0. The smallest absolute Gasteiger partial charge is 0.338 e. The van der Waals surface area contributed by atoms with Gasteiger partial charge in [0.25, 0.3) is 5.56 Å². The highest BCUT2D eigenvalue weighted by Gasteiger charge is 2.14. The van der Waals surface area contributed by atoms with Gasteiger partial charge in [-0.25, -0.2) is 9.78 Å². The number of esters is 1. The molecule has 0 atom stereocenters. The zero-order valence-corrected chi connectivity index (χ0v) is 16.7. The van der Waals surface area contributed by atoms with Crippen LogP contribution in [0.2, 0.25) is 0 Å². The summed E-state index contributed by atoms with van der Waals surface area (Å²) in [6.07, 6.45) is 3.26. The zero-order chi connectivity index (χ0) is 20.9. The first-order valence-corrected chi connectivity index (χ1v) is 9.89. The lowest BCUT2D eigenvalue weighted by Crippen LogP contribution is -2.17. The fraction of sp³-hybridized carbons (Fsp3) is 0.160. The monoisotopic (exact) mass is 398 g/mol. The molecule has 0 unspecified atom stereocenters. The lowest BCUT2D eigenvalue weighted by Gasteiger charge is -2.10. The minimum atomic E-state index is -0.412. The number of carbonyl (C=O) groups excluding carboxylic acids is 1. The highest BCUT2D eigenvalue weighted by atomic mass is 16.5. The zero-order valence-electron chi connectivity index (χ0n) is 16.7. The van der Waals surface area contributed by atoms with Crippen molar-refractivity contribution in [1.29, 1.82) is 0 Å². The SMILES string of the molecule is Cc1cccn2c(=O)cc(COC(=O)c3ccccc3CCc3ccccc3)nc12. The number of pyridine rings is 1. The van der Waals surface area contributed by atoms with Crippen LogP contribution in [-0.4, -0.2) is 15.4 Å². The van der Waals surface area contributed by atoms with Crippen molar-refractivity contribution >= 4 is 11.6 Å². The number of rotatable bonds is 6. The molecule has 150 valence electrons. The Bertz CT molecular complexity index is 1250.